The monoisotopic (exact) mass is 423 g/mol. The quantitative estimate of drug-likeness (QED) is 0.409. The van der Waals surface area contributed by atoms with Crippen LogP contribution >= 0.6 is 11.3 Å². The van der Waals surface area contributed by atoms with E-state index in [0.717, 1.165) is 36.6 Å². The van der Waals surface area contributed by atoms with Gasteiger partial charge in [0.15, 0.2) is 0 Å². The van der Waals surface area contributed by atoms with Crippen LogP contribution in [-0.4, -0.2) is 39.5 Å². The normalized spacial score (nSPS) is 11.8. The molecule has 30 heavy (non-hydrogen) atoms. The van der Waals surface area contributed by atoms with Crippen molar-refractivity contribution in [3.63, 3.8) is 0 Å². The molecule has 0 aliphatic carbocycles. The summed E-state index contributed by atoms with van der Waals surface area (Å²) in [7, 11) is 0. The number of hydrogen-bond donors (Lipinski definition) is 3. The summed E-state index contributed by atoms with van der Waals surface area (Å²) in [5, 5.41) is 25.0. The number of aromatic nitrogens is 1. The van der Waals surface area contributed by atoms with Crippen LogP contribution in [0, 0.1) is 6.92 Å². The Morgan fingerprint density at radius 2 is 1.80 bits per heavy atom. The minimum absolute atomic E-state index is 0.558. The SMILES string of the molecule is Cc1csc(CCCNC2=Nc3cccc4cccc2c34)n1.O=C(O)/C=C/C(=O)O. The van der Waals surface area contributed by atoms with E-state index in [-0.39, 0.29) is 0 Å². The number of carbonyl (C=O) groups is 2. The summed E-state index contributed by atoms with van der Waals surface area (Å²) in [4.78, 5) is 28.3. The molecule has 3 aromatic rings. The fraction of sp³-hybridized carbons (Fsp3) is 0.182. The summed E-state index contributed by atoms with van der Waals surface area (Å²) in [6.07, 6.45) is 3.21. The number of rotatable bonds is 6. The maximum atomic E-state index is 9.55. The third-order valence-corrected chi connectivity index (χ3v) is 5.29. The number of carboxylic acids is 2. The van der Waals surface area contributed by atoms with E-state index in [2.05, 4.69) is 52.1 Å². The first-order chi connectivity index (χ1) is 14.4. The van der Waals surface area contributed by atoms with Gasteiger partial charge in [0.1, 0.15) is 5.84 Å². The molecule has 1 aromatic heterocycles. The van der Waals surface area contributed by atoms with Gasteiger partial charge < -0.3 is 15.5 Å². The van der Waals surface area contributed by atoms with Crippen molar-refractivity contribution in [2.24, 2.45) is 4.99 Å². The third-order valence-electron chi connectivity index (χ3n) is 4.27. The van der Waals surface area contributed by atoms with E-state index in [1.807, 2.05) is 6.92 Å². The van der Waals surface area contributed by atoms with Gasteiger partial charge >= 0.3 is 11.9 Å². The molecule has 0 saturated carbocycles. The Bertz CT molecular complexity index is 1110. The number of nitrogens with one attached hydrogen (secondary N) is 1. The Balaban J connectivity index is 0.000000275. The Labute approximate surface area is 177 Å². The molecule has 0 amide bonds. The molecular weight excluding hydrogens is 402 g/mol. The fourth-order valence-electron chi connectivity index (χ4n) is 3.03. The van der Waals surface area contributed by atoms with Crippen LogP contribution in [0.4, 0.5) is 5.69 Å². The largest absolute Gasteiger partial charge is 0.478 e. The van der Waals surface area contributed by atoms with Crippen molar-refractivity contribution >= 4 is 45.6 Å². The third kappa shape index (κ3) is 5.51. The number of aryl methyl sites for hydroxylation is 2. The number of aliphatic carboxylic acids is 2. The zero-order valence-corrected chi connectivity index (χ0v) is 17.1. The van der Waals surface area contributed by atoms with Crippen LogP contribution in [0.3, 0.4) is 0 Å². The minimum Gasteiger partial charge on any atom is -0.478 e. The maximum Gasteiger partial charge on any atom is 0.328 e. The van der Waals surface area contributed by atoms with Gasteiger partial charge in [-0.25, -0.2) is 19.6 Å². The van der Waals surface area contributed by atoms with Crippen LogP contribution in [0.15, 0.2) is 58.9 Å². The van der Waals surface area contributed by atoms with Gasteiger partial charge in [0.2, 0.25) is 0 Å². The summed E-state index contributed by atoms with van der Waals surface area (Å²) < 4.78 is 0. The Kier molecular flexibility index (Phi) is 6.92. The van der Waals surface area contributed by atoms with Gasteiger partial charge in [-0.3, -0.25) is 0 Å². The fourth-order valence-corrected chi connectivity index (χ4v) is 3.85. The molecule has 7 nitrogen and oxygen atoms in total. The molecule has 0 spiro atoms. The van der Waals surface area contributed by atoms with Crippen molar-refractivity contribution in [3.05, 3.63) is 70.2 Å². The number of thiazole rings is 1. The van der Waals surface area contributed by atoms with E-state index in [4.69, 9.17) is 15.2 Å². The second kappa shape index (κ2) is 9.80. The van der Waals surface area contributed by atoms with Crippen LogP contribution in [0.25, 0.3) is 10.8 Å². The van der Waals surface area contributed by atoms with E-state index in [9.17, 15) is 9.59 Å². The molecule has 8 heteroatoms. The van der Waals surface area contributed by atoms with E-state index in [1.54, 1.807) is 11.3 Å². The number of carboxylic acid groups (broad SMARTS) is 2. The summed E-state index contributed by atoms with van der Waals surface area (Å²) >= 11 is 1.75. The minimum atomic E-state index is -1.26. The second-order valence-electron chi connectivity index (χ2n) is 6.56. The summed E-state index contributed by atoms with van der Waals surface area (Å²) in [5.74, 6) is -1.51. The summed E-state index contributed by atoms with van der Waals surface area (Å²) in [6, 6.07) is 12.7. The number of benzene rings is 2. The lowest BCUT2D eigenvalue weighted by atomic mass is 10.0. The lowest BCUT2D eigenvalue weighted by Gasteiger charge is -2.06. The van der Waals surface area contributed by atoms with Crippen molar-refractivity contribution in [3.8, 4) is 0 Å². The molecule has 4 rings (SSSR count). The first-order valence-electron chi connectivity index (χ1n) is 9.33. The van der Waals surface area contributed by atoms with Gasteiger partial charge in [-0.15, -0.1) is 11.3 Å². The van der Waals surface area contributed by atoms with Crippen LogP contribution in [0.2, 0.25) is 0 Å². The molecule has 2 heterocycles. The number of hydrogen-bond acceptors (Lipinski definition) is 6. The molecule has 2 aromatic carbocycles. The standard InChI is InChI=1S/C18H17N3S.C4H4O4/c1-12-11-22-16(20-12)9-4-10-19-18-14-7-2-5-13-6-3-8-15(21-18)17(13)14;5-3(6)1-2-4(7)8/h2-3,5-8,11H,4,9-10H2,1H3,(H,19,21);1-2H,(H,5,6)(H,7,8)/b;2-1+. The van der Waals surface area contributed by atoms with Crippen molar-refractivity contribution in [1.82, 2.24) is 10.3 Å². The molecular formula is C22H21N3O4S. The summed E-state index contributed by atoms with van der Waals surface area (Å²) in [5.41, 5.74) is 3.42. The topological polar surface area (TPSA) is 112 Å². The highest BCUT2D eigenvalue weighted by Crippen LogP contribution is 2.34. The molecule has 0 fully saturated rings. The number of nitrogens with zero attached hydrogens (tertiary/aromatic N) is 2. The Morgan fingerprint density at radius 3 is 2.43 bits per heavy atom. The van der Waals surface area contributed by atoms with E-state index in [0.29, 0.717) is 12.2 Å². The van der Waals surface area contributed by atoms with Gasteiger partial charge in [-0.2, -0.15) is 0 Å². The molecule has 0 saturated heterocycles. The van der Waals surface area contributed by atoms with Crippen LogP contribution in [0.1, 0.15) is 22.7 Å². The maximum absolute atomic E-state index is 9.55. The molecule has 1 aliphatic heterocycles. The van der Waals surface area contributed by atoms with Crippen LogP contribution in [-0.2, 0) is 16.0 Å². The summed E-state index contributed by atoms with van der Waals surface area (Å²) in [6.45, 7) is 2.96. The highest BCUT2D eigenvalue weighted by molar-refractivity contribution is 7.09. The van der Waals surface area contributed by atoms with Gasteiger partial charge in [0, 0.05) is 47.1 Å². The van der Waals surface area contributed by atoms with Gasteiger partial charge in [0.05, 0.1) is 10.7 Å². The van der Waals surface area contributed by atoms with Crippen molar-refractivity contribution in [2.75, 3.05) is 6.54 Å². The van der Waals surface area contributed by atoms with E-state index in [1.165, 1.54) is 21.3 Å². The number of amidine groups is 1. The lowest BCUT2D eigenvalue weighted by molar-refractivity contribution is -0.134. The smallest absolute Gasteiger partial charge is 0.328 e. The van der Waals surface area contributed by atoms with Gasteiger partial charge in [0.25, 0.3) is 0 Å². The molecule has 3 N–H and O–H groups in total. The Hall–Kier alpha value is -3.52. The zero-order chi connectivity index (χ0) is 21.5. The van der Waals surface area contributed by atoms with Gasteiger partial charge in [-0.05, 0) is 24.8 Å². The second-order valence-corrected chi connectivity index (χ2v) is 7.51. The molecule has 1 aliphatic rings. The Morgan fingerprint density at radius 1 is 1.10 bits per heavy atom. The van der Waals surface area contributed by atoms with Crippen molar-refractivity contribution in [2.45, 2.75) is 19.8 Å². The molecule has 0 radical (unpaired) electrons. The van der Waals surface area contributed by atoms with E-state index >= 15 is 0 Å². The average Bonchev–Trinajstić information content (AvgIpc) is 3.29. The first-order valence-corrected chi connectivity index (χ1v) is 10.2. The molecule has 0 bridgehead atoms. The van der Waals surface area contributed by atoms with Crippen molar-refractivity contribution in [1.29, 1.82) is 0 Å². The lowest BCUT2D eigenvalue weighted by Crippen LogP contribution is -2.24. The average molecular weight is 423 g/mol. The predicted octanol–water partition coefficient (Wildman–Crippen LogP) is 3.93. The zero-order valence-electron chi connectivity index (χ0n) is 16.3. The molecule has 0 unspecified atom stereocenters. The van der Waals surface area contributed by atoms with Gasteiger partial charge in [-0.1, -0.05) is 30.3 Å². The highest BCUT2D eigenvalue weighted by Gasteiger charge is 2.17. The van der Waals surface area contributed by atoms with Crippen LogP contribution in [0.5, 0.6) is 0 Å². The molecule has 0 atom stereocenters. The first kappa shape index (κ1) is 21.2. The van der Waals surface area contributed by atoms with E-state index < -0.39 is 11.9 Å². The predicted molar refractivity (Wildman–Crippen MR) is 118 cm³/mol. The van der Waals surface area contributed by atoms with Crippen LogP contribution < -0.4 is 5.32 Å². The molecule has 154 valence electrons. The highest BCUT2D eigenvalue weighted by atomic mass is 32.1. The number of aliphatic imine (C=N–C) groups is 1. The van der Waals surface area contributed by atoms with Crippen molar-refractivity contribution < 1.29 is 19.8 Å².